The largest absolute Gasteiger partial charge is 0.294 e. The van der Waals surface area contributed by atoms with Gasteiger partial charge in [-0.05, 0) is 26.0 Å². The van der Waals surface area contributed by atoms with E-state index < -0.39 is 0 Å². The van der Waals surface area contributed by atoms with Gasteiger partial charge in [-0.2, -0.15) is 5.10 Å². The van der Waals surface area contributed by atoms with Crippen LogP contribution < -0.4 is 0 Å². The third-order valence-corrected chi connectivity index (χ3v) is 2.90. The monoisotopic (exact) mass is 222 g/mol. The van der Waals surface area contributed by atoms with E-state index in [1.54, 1.807) is 10.7 Å². The number of benzene rings is 1. The van der Waals surface area contributed by atoms with Crippen LogP contribution in [0.15, 0.2) is 12.1 Å². The van der Waals surface area contributed by atoms with Crippen LogP contribution in [0.4, 0.5) is 0 Å². The fourth-order valence-electron chi connectivity index (χ4n) is 1.78. The van der Waals surface area contributed by atoms with E-state index in [0.29, 0.717) is 10.6 Å². The molecule has 1 aromatic heterocycles. The van der Waals surface area contributed by atoms with Crippen molar-refractivity contribution in [1.29, 1.82) is 0 Å². The van der Waals surface area contributed by atoms with Gasteiger partial charge in [0.15, 0.2) is 5.78 Å². The minimum Gasteiger partial charge on any atom is -0.294 e. The molecule has 1 heterocycles. The summed E-state index contributed by atoms with van der Waals surface area (Å²) >= 11 is 6.18. The molecule has 0 atom stereocenters. The second kappa shape index (κ2) is 3.35. The van der Waals surface area contributed by atoms with Gasteiger partial charge in [0, 0.05) is 18.0 Å². The van der Waals surface area contributed by atoms with Gasteiger partial charge in [0.25, 0.3) is 0 Å². The lowest BCUT2D eigenvalue weighted by Crippen LogP contribution is -1.94. The maximum absolute atomic E-state index is 11.3. The Balaban J connectivity index is 2.89. The molecule has 2 aromatic rings. The molecular formula is C11H11ClN2O. The van der Waals surface area contributed by atoms with Crippen LogP contribution in [0.5, 0.6) is 0 Å². The smallest absolute Gasteiger partial charge is 0.161 e. The molecule has 0 fully saturated rings. The van der Waals surface area contributed by atoms with Gasteiger partial charge in [-0.15, -0.1) is 0 Å². The molecule has 0 aliphatic carbocycles. The Morgan fingerprint density at radius 2 is 2.13 bits per heavy atom. The highest BCUT2D eigenvalue weighted by Gasteiger charge is 2.14. The Bertz CT molecular complexity index is 557. The summed E-state index contributed by atoms with van der Waals surface area (Å²) in [5.41, 5.74) is 2.35. The van der Waals surface area contributed by atoms with Gasteiger partial charge >= 0.3 is 0 Å². The Kier molecular flexibility index (Phi) is 2.27. The van der Waals surface area contributed by atoms with Crippen LogP contribution in [0.1, 0.15) is 23.0 Å². The fourth-order valence-corrected chi connectivity index (χ4v) is 2.21. The van der Waals surface area contributed by atoms with E-state index in [1.807, 2.05) is 20.0 Å². The SMILES string of the molecule is CC(=O)c1ccc2c(c(C)nn2C)c1Cl. The Morgan fingerprint density at radius 3 is 2.73 bits per heavy atom. The average molecular weight is 223 g/mol. The Labute approximate surface area is 92.6 Å². The predicted octanol–water partition coefficient (Wildman–Crippen LogP) is 2.74. The number of aryl methyl sites for hydroxylation is 2. The summed E-state index contributed by atoms with van der Waals surface area (Å²) in [6.45, 7) is 3.40. The van der Waals surface area contributed by atoms with Crippen molar-refractivity contribution in [1.82, 2.24) is 9.78 Å². The van der Waals surface area contributed by atoms with E-state index in [1.165, 1.54) is 6.92 Å². The van der Waals surface area contributed by atoms with Crippen LogP contribution in [0.3, 0.4) is 0 Å². The van der Waals surface area contributed by atoms with Crippen molar-refractivity contribution in [3.63, 3.8) is 0 Å². The minimum atomic E-state index is -0.0230. The zero-order valence-electron chi connectivity index (χ0n) is 8.84. The first-order valence-corrected chi connectivity index (χ1v) is 5.03. The summed E-state index contributed by atoms with van der Waals surface area (Å²) in [6.07, 6.45) is 0. The van der Waals surface area contributed by atoms with Gasteiger partial charge in [0.1, 0.15) is 0 Å². The first-order valence-electron chi connectivity index (χ1n) is 4.65. The summed E-state index contributed by atoms with van der Waals surface area (Å²) in [4.78, 5) is 11.3. The summed E-state index contributed by atoms with van der Waals surface area (Å²) in [6, 6.07) is 3.62. The van der Waals surface area contributed by atoms with E-state index in [-0.39, 0.29) is 5.78 Å². The second-order valence-electron chi connectivity index (χ2n) is 3.59. The lowest BCUT2D eigenvalue weighted by atomic mass is 10.1. The molecule has 0 bridgehead atoms. The van der Waals surface area contributed by atoms with Gasteiger partial charge < -0.3 is 0 Å². The molecule has 3 nitrogen and oxygen atoms in total. The van der Waals surface area contributed by atoms with Crippen molar-refractivity contribution < 1.29 is 4.79 Å². The van der Waals surface area contributed by atoms with Crippen LogP contribution in [-0.4, -0.2) is 15.6 Å². The van der Waals surface area contributed by atoms with E-state index in [0.717, 1.165) is 16.6 Å². The zero-order chi connectivity index (χ0) is 11.2. The fraction of sp³-hybridized carbons (Fsp3) is 0.273. The van der Waals surface area contributed by atoms with E-state index in [2.05, 4.69) is 5.10 Å². The van der Waals surface area contributed by atoms with E-state index >= 15 is 0 Å². The third kappa shape index (κ3) is 1.43. The molecule has 0 unspecified atom stereocenters. The van der Waals surface area contributed by atoms with Gasteiger partial charge in [0.2, 0.25) is 0 Å². The second-order valence-corrected chi connectivity index (χ2v) is 3.96. The molecule has 0 radical (unpaired) electrons. The van der Waals surface area contributed by atoms with Crippen molar-refractivity contribution >= 4 is 28.3 Å². The lowest BCUT2D eigenvalue weighted by Gasteiger charge is -2.02. The lowest BCUT2D eigenvalue weighted by molar-refractivity contribution is 0.101. The zero-order valence-corrected chi connectivity index (χ0v) is 9.59. The number of halogens is 1. The maximum atomic E-state index is 11.3. The molecule has 78 valence electrons. The molecular weight excluding hydrogens is 212 g/mol. The molecule has 2 rings (SSSR count). The number of carbonyl (C=O) groups excluding carboxylic acids is 1. The normalized spacial score (nSPS) is 10.9. The molecule has 0 aliphatic rings. The summed E-state index contributed by atoms with van der Waals surface area (Å²) in [5, 5.41) is 5.65. The average Bonchev–Trinajstić information content (AvgIpc) is 2.43. The highest BCUT2D eigenvalue weighted by Crippen LogP contribution is 2.29. The third-order valence-electron chi connectivity index (χ3n) is 2.51. The minimum absolute atomic E-state index is 0.0230. The summed E-state index contributed by atoms with van der Waals surface area (Å²) < 4.78 is 1.76. The van der Waals surface area contributed by atoms with Crippen molar-refractivity contribution in [3.8, 4) is 0 Å². The van der Waals surface area contributed by atoms with Crippen LogP contribution in [0.25, 0.3) is 10.9 Å². The molecule has 0 amide bonds. The topological polar surface area (TPSA) is 34.9 Å². The molecule has 1 aromatic carbocycles. The molecule has 0 N–H and O–H groups in total. The quantitative estimate of drug-likeness (QED) is 0.696. The number of Topliss-reactive ketones (excluding diaryl/α,β-unsaturated/α-hetero) is 1. The van der Waals surface area contributed by atoms with E-state index in [9.17, 15) is 4.79 Å². The van der Waals surface area contributed by atoms with Crippen molar-refractivity contribution in [2.45, 2.75) is 13.8 Å². The van der Waals surface area contributed by atoms with Gasteiger partial charge in [-0.25, -0.2) is 0 Å². The Morgan fingerprint density at radius 1 is 1.47 bits per heavy atom. The molecule has 4 heteroatoms. The number of nitrogens with zero attached hydrogens (tertiary/aromatic N) is 2. The number of hydrogen-bond donors (Lipinski definition) is 0. The van der Waals surface area contributed by atoms with Crippen LogP contribution in [-0.2, 0) is 7.05 Å². The van der Waals surface area contributed by atoms with Gasteiger partial charge in [0.05, 0.1) is 16.2 Å². The van der Waals surface area contributed by atoms with Gasteiger partial charge in [-0.3, -0.25) is 9.48 Å². The number of fused-ring (bicyclic) bond motifs is 1. The molecule has 15 heavy (non-hydrogen) atoms. The Hall–Kier alpha value is -1.35. The molecule has 0 spiro atoms. The number of ketones is 1. The van der Waals surface area contributed by atoms with Crippen molar-refractivity contribution in [2.75, 3.05) is 0 Å². The first-order chi connectivity index (χ1) is 7.02. The number of aromatic nitrogens is 2. The highest BCUT2D eigenvalue weighted by molar-refractivity contribution is 6.38. The first kappa shape index (κ1) is 10.2. The van der Waals surface area contributed by atoms with Crippen molar-refractivity contribution in [2.24, 2.45) is 7.05 Å². The van der Waals surface area contributed by atoms with E-state index in [4.69, 9.17) is 11.6 Å². The molecule has 0 aliphatic heterocycles. The van der Waals surface area contributed by atoms with Gasteiger partial charge in [-0.1, -0.05) is 11.6 Å². The predicted molar refractivity (Wildman–Crippen MR) is 60.5 cm³/mol. The molecule has 0 saturated carbocycles. The number of hydrogen-bond acceptors (Lipinski definition) is 2. The van der Waals surface area contributed by atoms with Crippen LogP contribution in [0, 0.1) is 6.92 Å². The van der Waals surface area contributed by atoms with Crippen molar-refractivity contribution in [3.05, 3.63) is 28.4 Å². The molecule has 0 saturated heterocycles. The standard InChI is InChI=1S/C11H11ClN2O/c1-6-10-9(14(3)13-6)5-4-8(7(2)15)11(10)12/h4-5H,1-3H3. The summed E-state index contributed by atoms with van der Waals surface area (Å²) in [7, 11) is 1.86. The highest BCUT2D eigenvalue weighted by atomic mass is 35.5. The number of rotatable bonds is 1. The maximum Gasteiger partial charge on any atom is 0.161 e. The number of carbonyl (C=O) groups is 1. The van der Waals surface area contributed by atoms with Crippen LogP contribution in [0.2, 0.25) is 5.02 Å². The summed E-state index contributed by atoms with van der Waals surface area (Å²) in [5.74, 6) is -0.0230. The van der Waals surface area contributed by atoms with Crippen LogP contribution >= 0.6 is 11.6 Å².